The highest BCUT2D eigenvalue weighted by Crippen LogP contribution is 2.33. The van der Waals surface area contributed by atoms with Crippen molar-refractivity contribution < 1.29 is 17.2 Å². The van der Waals surface area contributed by atoms with E-state index in [1.165, 1.54) is 24.5 Å². The molecule has 3 heterocycles. The monoisotopic (exact) mass is 520 g/mol. The van der Waals surface area contributed by atoms with Crippen molar-refractivity contribution in [3.05, 3.63) is 107 Å². The number of nitrogens with zero attached hydrogens (tertiary/aromatic N) is 2. The Labute approximate surface area is 210 Å². The van der Waals surface area contributed by atoms with Crippen LogP contribution in [0.3, 0.4) is 0 Å². The number of hydrogen-bond donors (Lipinski definition) is 2. The molecule has 0 atom stereocenters. The van der Waals surface area contributed by atoms with Gasteiger partial charge in [0.15, 0.2) is 5.82 Å². The van der Waals surface area contributed by atoms with Gasteiger partial charge in [0.05, 0.1) is 11.3 Å². The number of hydrogen-bond acceptors (Lipinski definition) is 4. The van der Waals surface area contributed by atoms with Crippen LogP contribution in [0.1, 0.15) is 11.1 Å². The fraction of sp³-hybridized carbons (Fsp3) is 0. The zero-order valence-corrected chi connectivity index (χ0v) is 19.8. The lowest BCUT2D eigenvalue weighted by Gasteiger charge is -2.10. The molecule has 0 saturated carbocycles. The van der Waals surface area contributed by atoms with Gasteiger partial charge in [-0.3, -0.25) is 9.71 Å². The number of anilines is 1. The van der Waals surface area contributed by atoms with Gasteiger partial charge in [-0.05, 0) is 36.4 Å². The third-order valence-corrected chi connectivity index (χ3v) is 6.99. The summed E-state index contributed by atoms with van der Waals surface area (Å²) in [5.74, 6) is 3.11. The van der Waals surface area contributed by atoms with Crippen LogP contribution in [0.15, 0.2) is 84.3 Å². The maximum atomic E-state index is 15.1. The zero-order valence-electron chi connectivity index (χ0n) is 18.3. The molecule has 0 bridgehead atoms. The highest BCUT2D eigenvalue weighted by Gasteiger charge is 2.19. The third-order valence-electron chi connectivity index (χ3n) is 5.31. The third kappa shape index (κ3) is 4.52. The standard InChI is InChI=1S/C26H15ClF2N4O2S/c27-22-6-2-1-5-18(22)21-15-32-26-20(21)12-16(13-31-26)7-8-19-23(28)9-10-24(25(19)29)33-36(34,35)17-4-3-11-30-14-17/h1-6,9-15,33H,(H,31,32). The molecule has 0 unspecified atom stereocenters. The summed E-state index contributed by atoms with van der Waals surface area (Å²) in [6, 6.07) is 13.7. The number of nitrogens with one attached hydrogen (secondary N) is 2. The van der Waals surface area contributed by atoms with Crippen molar-refractivity contribution >= 4 is 38.3 Å². The first-order valence-corrected chi connectivity index (χ1v) is 12.3. The van der Waals surface area contributed by atoms with Crippen molar-refractivity contribution in [2.45, 2.75) is 4.90 Å². The number of halogens is 3. The second kappa shape index (κ2) is 9.41. The van der Waals surface area contributed by atoms with Gasteiger partial charge in [0, 0.05) is 51.9 Å². The molecule has 5 rings (SSSR count). The number of benzene rings is 2. The molecular formula is C26H15ClF2N4O2S. The van der Waals surface area contributed by atoms with E-state index in [0.29, 0.717) is 16.2 Å². The van der Waals surface area contributed by atoms with E-state index in [1.807, 2.05) is 18.2 Å². The molecule has 0 aliphatic heterocycles. The Kier molecular flexibility index (Phi) is 6.14. The van der Waals surface area contributed by atoms with Crippen LogP contribution in [0, 0.1) is 23.5 Å². The highest BCUT2D eigenvalue weighted by atomic mass is 35.5. The number of pyridine rings is 2. The lowest BCUT2D eigenvalue weighted by atomic mass is 10.0. The molecule has 0 fully saturated rings. The molecule has 2 N–H and O–H groups in total. The normalized spacial score (nSPS) is 11.2. The molecule has 5 aromatic rings. The van der Waals surface area contributed by atoms with E-state index in [9.17, 15) is 12.8 Å². The van der Waals surface area contributed by atoms with Crippen molar-refractivity contribution in [2.24, 2.45) is 0 Å². The molecule has 178 valence electrons. The molecule has 0 spiro atoms. The van der Waals surface area contributed by atoms with Crippen molar-refractivity contribution in [3.63, 3.8) is 0 Å². The number of aromatic nitrogens is 3. The molecule has 0 saturated heterocycles. The van der Waals surface area contributed by atoms with E-state index < -0.39 is 32.9 Å². The minimum Gasteiger partial charge on any atom is -0.346 e. The summed E-state index contributed by atoms with van der Waals surface area (Å²) in [6.07, 6.45) is 5.76. The number of aromatic amines is 1. The topological polar surface area (TPSA) is 87.7 Å². The molecule has 0 aliphatic rings. The molecular weight excluding hydrogens is 506 g/mol. The molecule has 10 heteroatoms. The molecule has 0 amide bonds. The predicted molar refractivity (Wildman–Crippen MR) is 134 cm³/mol. The fourth-order valence-corrected chi connectivity index (χ4v) is 4.82. The van der Waals surface area contributed by atoms with Gasteiger partial charge in [-0.25, -0.2) is 22.2 Å². The molecule has 0 aliphatic carbocycles. The Morgan fingerprint density at radius 2 is 1.81 bits per heavy atom. The molecule has 0 radical (unpaired) electrons. The van der Waals surface area contributed by atoms with E-state index in [4.69, 9.17) is 11.6 Å². The van der Waals surface area contributed by atoms with Crippen molar-refractivity contribution in [3.8, 4) is 23.0 Å². The van der Waals surface area contributed by atoms with Gasteiger partial charge in [-0.15, -0.1) is 0 Å². The molecule has 2 aromatic carbocycles. The quantitative estimate of drug-likeness (QED) is 0.295. The van der Waals surface area contributed by atoms with Gasteiger partial charge in [-0.1, -0.05) is 41.6 Å². The van der Waals surface area contributed by atoms with Gasteiger partial charge < -0.3 is 4.98 Å². The first-order chi connectivity index (χ1) is 17.3. The second-order valence-electron chi connectivity index (χ2n) is 7.63. The van der Waals surface area contributed by atoms with Crippen LogP contribution in [0.4, 0.5) is 14.5 Å². The van der Waals surface area contributed by atoms with Crippen molar-refractivity contribution in [2.75, 3.05) is 4.72 Å². The van der Waals surface area contributed by atoms with Crippen LogP contribution in [0.5, 0.6) is 0 Å². The summed E-state index contributed by atoms with van der Waals surface area (Å²) in [6.45, 7) is 0. The van der Waals surface area contributed by atoms with Crippen molar-refractivity contribution in [1.82, 2.24) is 15.0 Å². The molecule has 36 heavy (non-hydrogen) atoms. The smallest absolute Gasteiger partial charge is 0.263 e. The maximum absolute atomic E-state index is 15.1. The Morgan fingerprint density at radius 1 is 0.972 bits per heavy atom. The number of rotatable bonds is 4. The fourth-order valence-electron chi connectivity index (χ4n) is 3.56. The number of sulfonamides is 1. The van der Waals surface area contributed by atoms with Gasteiger partial charge in [0.2, 0.25) is 0 Å². The van der Waals surface area contributed by atoms with Crippen LogP contribution < -0.4 is 4.72 Å². The van der Waals surface area contributed by atoms with Gasteiger partial charge in [0.25, 0.3) is 10.0 Å². The summed E-state index contributed by atoms with van der Waals surface area (Å²) in [5.41, 5.74) is 1.57. The summed E-state index contributed by atoms with van der Waals surface area (Å²) in [5, 5.41) is 1.29. The largest absolute Gasteiger partial charge is 0.346 e. The summed E-state index contributed by atoms with van der Waals surface area (Å²) >= 11 is 6.33. The Balaban J connectivity index is 1.51. The Morgan fingerprint density at radius 3 is 2.58 bits per heavy atom. The van der Waals surface area contributed by atoms with Gasteiger partial charge in [0.1, 0.15) is 16.4 Å². The van der Waals surface area contributed by atoms with Crippen LogP contribution in [-0.4, -0.2) is 23.4 Å². The second-order valence-corrected chi connectivity index (χ2v) is 9.72. The van der Waals surface area contributed by atoms with E-state index >= 15 is 4.39 Å². The highest BCUT2D eigenvalue weighted by molar-refractivity contribution is 7.92. The minimum atomic E-state index is -4.13. The maximum Gasteiger partial charge on any atom is 0.263 e. The average molecular weight is 521 g/mol. The van der Waals surface area contributed by atoms with E-state index in [1.54, 1.807) is 18.3 Å². The zero-order chi connectivity index (χ0) is 25.3. The molecule has 3 aromatic heterocycles. The van der Waals surface area contributed by atoms with Crippen molar-refractivity contribution in [1.29, 1.82) is 0 Å². The first kappa shape index (κ1) is 23.5. The molecule has 6 nitrogen and oxygen atoms in total. The van der Waals surface area contributed by atoms with E-state index in [2.05, 4.69) is 31.5 Å². The summed E-state index contributed by atoms with van der Waals surface area (Å²) < 4.78 is 56.7. The van der Waals surface area contributed by atoms with E-state index in [-0.39, 0.29) is 4.90 Å². The Bertz CT molecular complexity index is 1780. The van der Waals surface area contributed by atoms with Crippen LogP contribution in [-0.2, 0) is 10.0 Å². The first-order valence-electron chi connectivity index (χ1n) is 10.5. The van der Waals surface area contributed by atoms with Gasteiger partial charge in [-0.2, -0.15) is 0 Å². The van der Waals surface area contributed by atoms with Crippen LogP contribution >= 0.6 is 11.6 Å². The van der Waals surface area contributed by atoms with Crippen LogP contribution in [0.25, 0.3) is 22.2 Å². The van der Waals surface area contributed by atoms with E-state index in [0.717, 1.165) is 34.8 Å². The summed E-state index contributed by atoms with van der Waals surface area (Å²) in [4.78, 5) is 11.0. The lowest BCUT2D eigenvalue weighted by Crippen LogP contribution is -2.14. The van der Waals surface area contributed by atoms with Crippen LogP contribution in [0.2, 0.25) is 5.02 Å². The lowest BCUT2D eigenvalue weighted by molar-refractivity contribution is 0.578. The summed E-state index contributed by atoms with van der Waals surface area (Å²) in [7, 11) is -4.13. The average Bonchev–Trinajstić information content (AvgIpc) is 3.29. The SMILES string of the molecule is O=S(=O)(Nc1ccc(F)c(C#Cc2cnc3[nH]cc(-c4ccccc4Cl)c3c2)c1F)c1cccnc1. The predicted octanol–water partition coefficient (Wildman–Crippen LogP) is 5.76. The van der Waals surface area contributed by atoms with Gasteiger partial charge >= 0.3 is 0 Å². The Hall–Kier alpha value is -4.26. The minimum absolute atomic E-state index is 0.165. The number of fused-ring (bicyclic) bond motifs is 1. The number of H-pyrrole nitrogens is 1.